The average Bonchev–Trinajstić information content (AvgIpc) is 2.98. The van der Waals surface area contributed by atoms with E-state index in [2.05, 4.69) is 5.32 Å². The number of rotatable bonds is 3. The van der Waals surface area contributed by atoms with E-state index in [0.29, 0.717) is 11.6 Å². The molecule has 0 aliphatic heterocycles. The SMILES string of the molecule is Nc1cc(C(F)(F)F)ccc1NCC1CC2CCC1C2. The number of nitrogens with two attached hydrogens (primary N) is 1. The van der Waals surface area contributed by atoms with Gasteiger partial charge in [-0.2, -0.15) is 13.2 Å². The van der Waals surface area contributed by atoms with Crippen molar-refractivity contribution in [2.75, 3.05) is 17.6 Å². The summed E-state index contributed by atoms with van der Waals surface area (Å²) in [6.07, 6.45) is 0.896. The molecule has 0 radical (unpaired) electrons. The van der Waals surface area contributed by atoms with Gasteiger partial charge in [-0.1, -0.05) is 6.42 Å². The van der Waals surface area contributed by atoms with Crippen molar-refractivity contribution in [2.24, 2.45) is 17.8 Å². The number of benzene rings is 1. The van der Waals surface area contributed by atoms with Gasteiger partial charge >= 0.3 is 6.18 Å². The van der Waals surface area contributed by atoms with Crippen molar-refractivity contribution in [3.05, 3.63) is 23.8 Å². The maximum absolute atomic E-state index is 12.6. The summed E-state index contributed by atoms with van der Waals surface area (Å²) >= 11 is 0. The first-order valence-corrected chi connectivity index (χ1v) is 7.14. The molecule has 3 rings (SSSR count). The van der Waals surface area contributed by atoms with Gasteiger partial charge < -0.3 is 11.1 Å². The fourth-order valence-electron chi connectivity index (χ4n) is 3.77. The zero-order valence-electron chi connectivity index (χ0n) is 11.2. The van der Waals surface area contributed by atoms with E-state index in [9.17, 15) is 13.2 Å². The Labute approximate surface area is 116 Å². The fraction of sp³-hybridized carbons (Fsp3) is 0.600. The van der Waals surface area contributed by atoms with E-state index in [0.717, 1.165) is 30.5 Å². The Bertz CT molecular complexity index is 498. The highest BCUT2D eigenvalue weighted by atomic mass is 19.4. The van der Waals surface area contributed by atoms with Gasteiger partial charge in [0, 0.05) is 6.54 Å². The average molecular weight is 284 g/mol. The molecule has 0 amide bonds. The Balaban J connectivity index is 1.63. The van der Waals surface area contributed by atoms with Gasteiger partial charge in [0.2, 0.25) is 0 Å². The lowest BCUT2D eigenvalue weighted by atomic mass is 9.89. The maximum atomic E-state index is 12.6. The number of alkyl halides is 3. The lowest BCUT2D eigenvalue weighted by molar-refractivity contribution is -0.137. The molecular formula is C15H19F3N2. The second kappa shape index (κ2) is 4.86. The molecule has 2 aliphatic carbocycles. The number of hydrogen-bond acceptors (Lipinski definition) is 2. The molecule has 2 aliphatic rings. The van der Waals surface area contributed by atoms with Crippen molar-refractivity contribution < 1.29 is 13.2 Å². The van der Waals surface area contributed by atoms with Crippen LogP contribution in [0.15, 0.2) is 18.2 Å². The van der Waals surface area contributed by atoms with Crippen molar-refractivity contribution in [3.8, 4) is 0 Å². The molecule has 2 bridgehead atoms. The lowest BCUT2D eigenvalue weighted by Gasteiger charge is -2.23. The van der Waals surface area contributed by atoms with Crippen LogP contribution in [0.2, 0.25) is 0 Å². The van der Waals surface area contributed by atoms with Crippen LogP contribution in [0.4, 0.5) is 24.5 Å². The van der Waals surface area contributed by atoms with E-state index in [4.69, 9.17) is 5.73 Å². The van der Waals surface area contributed by atoms with E-state index in [-0.39, 0.29) is 5.69 Å². The highest BCUT2D eigenvalue weighted by Crippen LogP contribution is 2.48. The van der Waals surface area contributed by atoms with E-state index >= 15 is 0 Å². The van der Waals surface area contributed by atoms with E-state index in [1.54, 1.807) is 0 Å². The standard InChI is InChI=1S/C15H19F3N2/c16-15(17,18)12-3-4-14(13(19)7-12)20-8-11-6-9-1-2-10(11)5-9/h3-4,7,9-11,20H,1-2,5-6,8,19H2. The van der Waals surface area contributed by atoms with E-state index in [1.165, 1.54) is 31.7 Å². The topological polar surface area (TPSA) is 38.0 Å². The van der Waals surface area contributed by atoms with E-state index < -0.39 is 11.7 Å². The number of nitrogen functional groups attached to an aromatic ring is 1. The zero-order chi connectivity index (χ0) is 14.3. The molecule has 1 aromatic rings. The third kappa shape index (κ3) is 2.58. The van der Waals surface area contributed by atoms with Gasteiger partial charge in [-0.05, 0) is 55.2 Å². The molecule has 0 spiro atoms. The smallest absolute Gasteiger partial charge is 0.397 e. The van der Waals surface area contributed by atoms with Crippen LogP contribution >= 0.6 is 0 Å². The summed E-state index contributed by atoms with van der Waals surface area (Å²) in [6.45, 7) is 0.816. The van der Waals surface area contributed by atoms with Crippen LogP contribution < -0.4 is 11.1 Å². The monoisotopic (exact) mass is 284 g/mol. The fourth-order valence-corrected chi connectivity index (χ4v) is 3.77. The van der Waals surface area contributed by atoms with Crippen LogP contribution in [0.3, 0.4) is 0 Å². The second-order valence-corrected chi connectivity index (χ2v) is 6.12. The summed E-state index contributed by atoms with van der Waals surface area (Å²) in [5.41, 5.74) is 5.80. The molecule has 3 atom stereocenters. The molecule has 0 saturated heterocycles. The van der Waals surface area contributed by atoms with Crippen molar-refractivity contribution in [3.63, 3.8) is 0 Å². The molecule has 2 nitrogen and oxygen atoms in total. The Morgan fingerprint density at radius 2 is 2.00 bits per heavy atom. The molecule has 3 N–H and O–H groups in total. The van der Waals surface area contributed by atoms with Crippen molar-refractivity contribution in [2.45, 2.75) is 31.9 Å². The maximum Gasteiger partial charge on any atom is 0.416 e. The molecule has 20 heavy (non-hydrogen) atoms. The van der Waals surface area contributed by atoms with Crippen molar-refractivity contribution in [1.82, 2.24) is 0 Å². The normalized spacial score (nSPS) is 28.9. The summed E-state index contributed by atoms with van der Waals surface area (Å²) in [7, 11) is 0. The Morgan fingerprint density at radius 3 is 2.55 bits per heavy atom. The molecule has 0 aromatic heterocycles. The Kier molecular flexibility index (Phi) is 3.30. The third-order valence-electron chi connectivity index (χ3n) is 4.82. The molecule has 5 heteroatoms. The van der Waals surface area contributed by atoms with Crippen LogP contribution in [0.1, 0.15) is 31.2 Å². The molecule has 2 fully saturated rings. The summed E-state index contributed by atoms with van der Waals surface area (Å²) in [6, 6.07) is 3.52. The van der Waals surface area contributed by atoms with Crippen LogP contribution in [-0.2, 0) is 6.18 Å². The summed E-state index contributed by atoms with van der Waals surface area (Å²) < 4.78 is 37.7. The minimum atomic E-state index is -4.34. The summed E-state index contributed by atoms with van der Waals surface area (Å²) in [4.78, 5) is 0. The van der Waals surface area contributed by atoms with Crippen LogP contribution in [0, 0.1) is 17.8 Å². The largest absolute Gasteiger partial charge is 0.416 e. The molecule has 3 unspecified atom stereocenters. The predicted octanol–water partition coefficient (Wildman–Crippen LogP) is 4.14. The van der Waals surface area contributed by atoms with Gasteiger partial charge in [0.1, 0.15) is 0 Å². The van der Waals surface area contributed by atoms with Crippen LogP contribution in [0.25, 0.3) is 0 Å². The first kappa shape index (κ1) is 13.6. The summed E-state index contributed by atoms with van der Waals surface area (Å²) in [5.74, 6) is 2.32. The minimum absolute atomic E-state index is 0.169. The highest BCUT2D eigenvalue weighted by Gasteiger charge is 2.39. The second-order valence-electron chi connectivity index (χ2n) is 6.12. The Hall–Kier alpha value is -1.39. The first-order chi connectivity index (χ1) is 9.43. The molecular weight excluding hydrogens is 265 g/mol. The molecule has 0 heterocycles. The van der Waals surface area contributed by atoms with E-state index in [1.807, 2.05) is 0 Å². The van der Waals surface area contributed by atoms with Gasteiger partial charge in [-0.25, -0.2) is 0 Å². The number of halogens is 3. The van der Waals surface area contributed by atoms with Crippen LogP contribution in [-0.4, -0.2) is 6.54 Å². The molecule has 1 aromatic carbocycles. The van der Waals surface area contributed by atoms with Crippen molar-refractivity contribution >= 4 is 11.4 Å². The van der Waals surface area contributed by atoms with Gasteiger partial charge in [-0.3, -0.25) is 0 Å². The molecule has 2 saturated carbocycles. The Morgan fingerprint density at radius 1 is 1.20 bits per heavy atom. The minimum Gasteiger partial charge on any atom is -0.397 e. The highest BCUT2D eigenvalue weighted by molar-refractivity contribution is 5.67. The quantitative estimate of drug-likeness (QED) is 0.819. The number of nitrogens with one attached hydrogen (secondary N) is 1. The molecule has 110 valence electrons. The third-order valence-corrected chi connectivity index (χ3v) is 4.82. The number of fused-ring (bicyclic) bond motifs is 2. The van der Waals surface area contributed by atoms with Gasteiger partial charge in [0.25, 0.3) is 0 Å². The number of anilines is 2. The zero-order valence-corrected chi connectivity index (χ0v) is 11.2. The van der Waals surface area contributed by atoms with Crippen LogP contribution in [0.5, 0.6) is 0 Å². The van der Waals surface area contributed by atoms with Gasteiger partial charge in [0.15, 0.2) is 0 Å². The lowest BCUT2D eigenvalue weighted by Crippen LogP contribution is -2.20. The van der Waals surface area contributed by atoms with Gasteiger partial charge in [-0.15, -0.1) is 0 Å². The predicted molar refractivity (Wildman–Crippen MR) is 73.3 cm³/mol. The van der Waals surface area contributed by atoms with Crippen molar-refractivity contribution in [1.29, 1.82) is 0 Å². The number of hydrogen-bond donors (Lipinski definition) is 2. The summed E-state index contributed by atoms with van der Waals surface area (Å²) in [5, 5.41) is 3.23. The van der Waals surface area contributed by atoms with Gasteiger partial charge in [0.05, 0.1) is 16.9 Å². The first-order valence-electron chi connectivity index (χ1n) is 7.14.